The van der Waals surface area contributed by atoms with E-state index >= 15 is 0 Å². The van der Waals surface area contributed by atoms with E-state index in [9.17, 15) is 0 Å². The molecule has 1 saturated heterocycles. The zero-order valence-corrected chi connectivity index (χ0v) is 11.2. The Bertz CT molecular complexity index is 552. The first-order valence-electron chi connectivity index (χ1n) is 6.23. The highest BCUT2D eigenvalue weighted by molar-refractivity contribution is 7.99. The average molecular weight is 277 g/mol. The second kappa shape index (κ2) is 5.63. The summed E-state index contributed by atoms with van der Waals surface area (Å²) in [7, 11) is 0. The molecule has 2 N–H and O–H groups in total. The van der Waals surface area contributed by atoms with Gasteiger partial charge in [0.1, 0.15) is 11.9 Å². The quantitative estimate of drug-likeness (QED) is 0.922. The number of nitrogens with zero attached hydrogens (tertiary/aromatic N) is 2. The van der Waals surface area contributed by atoms with Gasteiger partial charge in [0.15, 0.2) is 0 Å². The summed E-state index contributed by atoms with van der Waals surface area (Å²) in [5, 5.41) is 3.94. The predicted octanol–water partition coefficient (Wildman–Crippen LogP) is 2.08. The van der Waals surface area contributed by atoms with Crippen LogP contribution in [0.25, 0.3) is 11.4 Å². The molecule has 1 aliphatic heterocycles. The highest BCUT2D eigenvalue weighted by atomic mass is 32.2. The lowest BCUT2D eigenvalue weighted by molar-refractivity contribution is 0.230. The van der Waals surface area contributed by atoms with Crippen LogP contribution in [0.3, 0.4) is 0 Å². The fraction of sp³-hybridized carbons (Fsp3) is 0.385. The molecule has 0 spiro atoms. The monoisotopic (exact) mass is 277 g/mol. The van der Waals surface area contributed by atoms with E-state index in [2.05, 4.69) is 10.1 Å². The third-order valence-corrected chi connectivity index (χ3v) is 4.08. The van der Waals surface area contributed by atoms with E-state index < -0.39 is 0 Å². The van der Waals surface area contributed by atoms with Crippen LogP contribution in [0.1, 0.15) is 12.3 Å². The van der Waals surface area contributed by atoms with Gasteiger partial charge in [0, 0.05) is 5.75 Å². The molecular weight excluding hydrogens is 262 g/mol. The minimum absolute atomic E-state index is 0.245. The van der Waals surface area contributed by atoms with Crippen molar-refractivity contribution in [1.29, 1.82) is 0 Å². The summed E-state index contributed by atoms with van der Waals surface area (Å²) in [4.78, 5) is 4.25. The third kappa shape index (κ3) is 2.74. The highest BCUT2D eigenvalue weighted by Gasteiger charge is 2.20. The van der Waals surface area contributed by atoms with Gasteiger partial charge in [-0.1, -0.05) is 17.3 Å². The van der Waals surface area contributed by atoms with E-state index in [1.807, 2.05) is 36.0 Å². The number of benzene rings is 1. The molecule has 1 aliphatic rings. The van der Waals surface area contributed by atoms with Crippen LogP contribution in [0.15, 0.2) is 28.8 Å². The lowest BCUT2D eigenvalue weighted by Gasteiger charge is -2.14. The Morgan fingerprint density at radius 2 is 2.32 bits per heavy atom. The maximum absolute atomic E-state index is 6.03. The second-order valence-electron chi connectivity index (χ2n) is 4.32. The zero-order valence-electron chi connectivity index (χ0n) is 10.4. The summed E-state index contributed by atoms with van der Waals surface area (Å²) in [6.45, 7) is 0.245. The third-order valence-electron chi connectivity index (χ3n) is 2.95. The van der Waals surface area contributed by atoms with Crippen molar-refractivity contribution in [2.24, 2.45) is 5.73 Å². The van der Waals surface area contributed by atoms with Crippen LogP contribution >= 0.6 is 11.8 Å². The van der Waals surface area contributed by atoms with Gasteiger partial charge >= 0.3 is 0 Å². The number of hydrogen-bond acceptors (Lipinski definition) is 6. The Labute approximate surface area is 115 Å². The van der Waals surface area contributed by atoms with E-state index in [1.54, 1.807) is 0 Å². The van der Waals surface area contributed by atoms with Crippen molar-refractivity contribution in [3.05, 3.63) is 30.2 Å². The Morgan fingerprint density at radius 3 is 3.05 bits per heavy atom. The van der Waals surface area contributed by atoms with E-state index in [0.29, 0.717) is 11.7 Å². The summed E-state index contributed by atoms with van der Waals surface area (Å²) >= 11 is 1.92. The SMILES string of the molecule is NCc1nc(-c2ccccc2OC2CCSC2)no1. The molecule has 19 heavy (non-hydrogen) atoms. The number of nitrogens with two attached hydrogens (primary N) is 1. The van der Waals surface area contributed by atoms with Crippen LogP contribution in [-0.2, 0) is 6.54 Å². The molecule has 0 bridgehead atoms. The molecule has 6 heteroatoms. The van der Waals surface area contributed by atoms with Gasteiger partial charge in [-0.3, -0.25) is 0 Å². The van der Waals surface area contributed by atoms with E-state index in [4.69, 9.17) is 15.0 Å². The first-order valence-corrected chi connectivity index (χ1v) is 7.39. The molecule has 1 aromatic heterocycles. The second-order valence-corrected chi connectivity index (χ2v) is 5.47. The molecule has 2 aromatic rings. The van der Waals surface area contributed by atoms with Gasteiger partial charge in [0.05, 0.1) is 12.1 Å². The van der Waals surface area contributed by atoms with Crippen LogP contribution < -0.4 is 10.5 Å². The fourth-order valence-electron chi connectivity index (χ4n) is 1.99. The Hall–Kier alpha value is -1.53. The van der Waals surface area contributed by atoms with E-state index in [-0.39, 0.29) is 12.6 Å². The normalized spacial score (nSPS) is 18.7. The molecule has 0 radical (unpaired) electrons. The summed E-state index contributed by atoms with van der Waals surface area (Å²) in [5.74, 6) is 3.96. The number of rotatable bonds is 4. The summed E-state index contributed by atoms with van der Waals surface area (Å²) in [5.41, 5.74) is 6.33. The molecule has 0 saturated carbocycles. The fourth-order valence-corrected chi connectivity index (χ4v) is 3.08. The van der Waals surface area contributed by atoms with Gasteiger partial charge in [0.25, 0.3) is 0 Å². The molecule has 0 amide bonds. The zero-order chi connectivity index (χ0) is 13.1. The minimum Gasteiger partial charge on any atom is -0.489 e. The van der Waals surface area contributed by atoms with E-state index in [0.717, 1.165) is 29.2 Å². The number of aromatic nitrogens is 2. The maximum Gasteiger partial charge on any atom is 0.240 e. The van der Waals surface area contributed by atoms with Gasteiger partial charge < -0.3 is 15.0 Å². The maximum atomic E-state index is 6.03. The number of ether oxygens (including phenoxy) is 1. The summed E-state index contributed by atoms with van der Waals surface area (Å²) in [6, 6.07) is 7.76. The molecule has 1 unspecified atom stereocenters. The Morgan fingerprint density at radius 1 is 1.42 bits per heavy atom. The van der Waals surface area contributed by atoms with Crippen LogP contribution in [0.4, 0.5) is 0 Å². The van der Waals surface area contributed by atoms with Crippen LogP contribution in [0, 0.1) is 0 Å². The number of thioether (sulfide) groups is 1. The smallest absolute Gasteiger partial charge is 0.240 e. The van der Waals surface area contributed by atoms with Crippen molar-refractivity contribution < 1.29 is 9.26 Å². The standard InChI is InChI=1S/C13H15N3O2S/c14-7-12-15-13(16-18-12)10-3-1-2-4-11(10)17-9-5-6-19-8-9/h1-4,9H,5-8,14H2. The molecule has 1 fully saturated rings. The summed E-state index contributed by atoms with van der Waals surface area (Å²) in [6.07, 6.45) is 1.35. The van der Waals surface area contributed by atoms with Crippen molar-refractivity contribution in [1.82, 2.24) is 10.1 Å². The van der Waals surface area contributed by atoms with Crippen molar-refractivity contribution in [2.45, 2.75) is 19.1 Å². The highest BCUT2D eigenvalue weighted by Crippen LogP contribution is 2.31. The first-order chi connectivity index (χ1) is 9.36. The molecule has 1 atom stereocenters. The first kappa shape index (κ1) is 12.5. The van der Waals surface area contributed by atoms with Gasteiger partial charge in [-0.2, -0.15) is 16.7 Å². The van der Waals surface area contributed by atoms with Crippen molar-refractivity contribution in [3.63, 3.8) is 0 Å². The molecule has 1 aromatic carbocycles. The van der Waals surface area contributed by atoms with Gasteiger partial charge in [-0.25, -0.2) is 0 Å². The summed E-state index contributed by atoms with van der Waals surface area (Å²) < 4.78 is 11.1. The Balaban J connectivity index is 1.87. The average Bonchev–Trinajstić information content (AvgIpc) is 3.10. The number of para-hydroxylation sites is 1. The lowest BCUT2D eigenvalue weighted by atomic mass is 10.2. The molecule has 0 aliphatic carbocycles. The molecule has 2 heterocycles. The minimum atomic E-state index is 0.245. The predicted molar refractivity (Wildman–Crippen MR) is 74.0 cm³/mol. The van der Waals surface area contributed by atoms with Crippen LogP contribution in [-0.4, -0.2) is 27.8 Å². The molecular formula is C13H15N3O2S. The van der Waals surface area contributed by atoms with Crippen LogP contribution in [0.2, 0.25) is 0 Å². The van der Waals surface area contributed by atoms with Crippen molar-refractivity contribution in [2.75, 3.05) is 11.5 Å². The van der Waals surface area contributed by atoms with Crippen LogP contribution in [0.5, 0.6) is 5.75 Å². The van der Waals surface area contributed by atoms with Crippen molar-refractivity contribution in [3.8, 4) is 17.1 Å². The van der Waals surface area contributed by atoms with Gasteiger partial charge in [-0.05, 0) is 24.3 Å². The van der Waals surface area contributed by atoms with Gasteiger partial charge in [0.2, 0.25) is 11.7 Å². The topological polar surface area (TPSA) is 74.2 Å². The largest absolute Gasteiger partial charge is 0.489 e. The Kier molecular flexibility index (Phi) is 3.70. The molecule has 3 rings (SSSR count). The lowest BCUT2D eigenvalue weighted by Crippen LogP contribution is -2.15. The van der Waals surface area contributed by atoms with Gasteiger partial charge in [-0.15, -0.1) is 0 Å². The van der Waals surface area contributed by atoms with E-state index in [1.165, 1.54) is 0 Å². The number of hydrogen-bond donors (Lipinski definition) is 1. The molecule has 100 valence electrons. The molecule has 5 nitrogen and oxygen atoms in total. The van der Waals surface area contributed by atoms with Crippen molar-refractivity contribution >= 4 is 11.8 Å².